The van der Waals surface area contributed by atoms with Gasteiger partial charge in [-0.1, -0.05) is 12.1 Å². The van der Waals surface area contributed by atoms with E-state index in [1.54, 1.807) is 4.57 Å². The van der Waals surface area contributed by atoms with Gasteiger partial charge in [0.25, 0.3) is 5.56 Å². The maximum atomic E-state index is 12.5. The van der Waals surface area contributed by atoms with E-state index in [-0.39, 0.29) is 11.2 Å². The summed E-state index contributed by atoms with van der Waals surface area (Å²) < 4.78 is 7.80. The van der Waals surface area contributed by atoms with Crippen LogP contribution in [0.25, 0.3) is 17.0 Å². The number of fused-ring (bicyclic) bond motifs is 3. The summed E-state index contributed by atoms with van der Waals surface area (Å²) in [6.45, 7) is 6.63. The molecule has 3 rings (SSSR count). The van der Waals surface area contributed by atoms with Gasteiger partial charge in [0, 0.05) is 11.9 Å². The Bertz CT molecular complexity index is 738. The predicted molar refractivity (Wildman–Crippen MR) is 77.6 cm³/mol. The van der Waals surface area contributed by atoms with Gasteiger partial charge in [0.15, 0.2) is 0 Å². The monoisotopic (exact) mass is 255 g/mol. The average Bonchev–Trinajstić information content (AvgIpc) is 2.38. The molecule has 98 valence electrons. The predicted octanol–water partition coefficient (Wildman–Crippen LogP) is 3.21. The molecule has 0 atom stereocenters. The van der Waals surface area contributed by atoms with Crippen LogP contribution in [0.2, 0.25) is 0 Å². The molecule has 0 saturated heterocycles. The van der Waals surface area contributed by atoms with Crippen molar-refractivity contribution in [2.75, 3.05) is 0 Å². The summed E-state index contributed by atoms with van der Waals surface area (Å²) in [5.41, 5.74) is 1.23. The smallest absolute Gasteiger partial charge is 0.262 e. The van der Waals surface area contributed by atoms with E-state index in [1.165, 1.54) is 0 Å². The number of aromatic nitrogens is 1. The van der Waals surface area contributed by atoms with Gasteiger partial charge in [0.2, 0.25) is 0 Å². The number of nitrogens with zero attached hydrogens (tertiary/aromatic N) is 1. The normalized spacial score (nSPS) is 16.2. The van der Waals surface area contributed by atoms with Crippen molar-refractivity contribution >= 4 is 17.0 Å². The number of ether oxygens (including phenoxy) is 1. The molecule has 0 amide bonds. The maximum absolute atomic E-state index is 12.5. The van der Waals surface area contributed by atoms with E-state index in [2.05, 4.69) is 0 Å². The summed E-state index contributed by atoms with van der Waals surface area (Å²) in [5.74, 6) is 0.706. The number of aryl methyl sites for hydroxylation is 1. The third-order valence-corrected chi connectivity index (χ3v) is 3.49. The molecular weight excluding hydrogens is 238 g/mol. The van der Waals surface area contributed by atoms with Crippen molar-refractivity contribution in [1.82, 2.24) is 4.57 Å². The SMILES string of the molecule is CCn1c(=O)c2c(c3ccccc31)OC(C)(C)C=C2. The Hall–Kier alpha value is -2.03. The van der Waals surface area contributed by atoms with Crippen LogP contribution in [0.5, 0.6) is 5.75 Å². The largest absolute Gasteiger partial charge is 0.482 e. The Morgan fingerprint density at radius 3 is 2.74 bits per heavy atom. The molecule has 0 saturated carbocycles. The summed E-state index contributed by atoms with van der Waals surface area (Å²) >= 11 is 0. The van der Waals surface area contributed by atoms with Gasteiger partial charge in [-0.25, -0.2) is 0 Å². The molecule has 0 unspecified atom stereocenters. The highest BCUT2D eigenvalue weighted by atomic mass is 16.5. The van der Waals surface area contributed by atoms with Gasteiger partial charge >= 0.3 is 0 Å². The summed E-state index contributed by atoms with van der Waals surface area (Å²) in [5, 5.41) is 0.997. The van der Waals surface area contributed by atoms with Crippen LogP contribution in [0.4, 0.5) is 0 Å². The molecule has 0 aliphatic carbocycles. The topological polar surface area (TPSA) is 31.2 Å². The minimum atomic E-state index is -0.374. The second-order valence-electron chi connectivity index (χ2n) is 5.35. The third-order valence-electron chi connectivity index (χ3n) is 3.49. The van der Waals surface area contributed by atoms with Gasteiger partial charge in [-0.05, 0) is 45.1 Å². The van der Waals surface area contributed by atoms with Crippen molar-refractivity contribution in [1.29, 1.82) is 0 Å². The average molecular weight is 255 g/mol. The Morgan fingerprint density at radius 2 is 2.00 bits per heavy atom. The molecule has 0 radical (unpaired) electrons. The van der Waals surface area contributed by atoms with Crippen LogP contribution in [0.1, 0.15) is 26.3 Å². The lowest BCUT2D eigenvalue weighted by molar-refractivity contribution is 0.161. The molecule has 0 bridgehead atoms. The quantitative estimate of drug-likeness (QED) is 0.783. The maximum Gasteiger partial charge on any atom is 0.262 e. The van der Waals surface area contributed by atoms with E-state index >= 15 is 0 Å². The van der Waals surface area contributed by atoms with E-state index in [0.717, 1.165) is 10.9 Å². The molecule has 1 aromatic carbocycles. The first-order valence-electron chi connectivity index (χ1n) is 6.57. The number of para-hydroxylation sites is 1. The van der Waals surface area contributed by atoms with Crippen LogP contribution in [0.15, 0.2) is 35.1 Å². The molecule has 1 aromatic heterocycles. The fourth-order valence-corrected chi connectivity index (χ4v) is 2.55. The fourth-order valence-electron chi connectivity index (χ4n) is 2.55. The summed E-state index contributed by atoms with van der Waals surface area (Å²) in [6.07, 6.45) is 3.82. The first-order valence-corrected chi connectivity index (χ1v) is 6.57. The number of pyridine rings is 1. The van der Waals surface area contributed by atoms with E-state index < -0.39 is 0 Å². The van der Waals surface area contributed by atoms with E-state index in [4.69, 9.17) is 4.74 Å². The summed E-state index contributed by atoms with van der Waals surface area (Å²) in [6, 6.07) is 7.90. The van der Waals surface area contributed by atoms with Crippen molar-refractivity contribution in [3.63, 3.8) is 0 Å². The van der Waals surface area contributed by atoms with Crippen molar-refractivity contribution in [3.05, 3.63) is 46.3 Å². The zero-order chi connectivity index (χ0) is 13.6. The highest BCUT2D eigenvalue weighted by molar-refractivity contribution is 5.89. The van der Waals surface area contributed by atoms with Crippen LogP contribution in [0, 0.1) is 0 Å². The van der Waals surface area contributed by atoms with Gasteiger partial charge in [0.05, 0.1) is 11.1 Å². The zero-order valence-electron chi connectivity index (χ0n) is 11.4. The molecule has 0 fully saturated rings. The van der Waals surface area contributed by atoms with Crippen molar-refractivity contribution in [2.45, 2.75) is 32.9 Å². The number of benzene rings is 1. The Labute approximate surface area is 112 Å². The van der Waals surface area contributed by atoms with Crippen LogP contribution >= 0.6 is 0 Å². The minimum Gasteiger partial charge on any atom is -0.482 e. The van der Waals surface area contributed by atoms with Gasteiger partial charge in [-0.3, -0.25) is 4.79 Å². The molecule has 3 nitrogen and oxygen atoms in total. The lowest BCUT2D eigenvalue weighted by Crippen LogP contribution is -2.32. The second kappa shape index (κ2) is 3.98. The highest BCUT2D eigenvalue weighted by Gasteiger charge is 2.26. The molecular formula is C16H17NO2. The molecule has 3 heteroatoms. The van der Waals surface area contributed by atoms with Gasteiger partial charge in [0.1, 0.15) is 11.4 Å². The Balaban J connectivity index is 2.46. The lowest BCUT2D eigenvalue weighted by Gasteiger charge is -2.29. The van der Waals surface area contributed by atoms with Crippen LogP contribution in [0.3, 0.4) is 0 Å². The number of hydrogen-bond donors (Lipinski definition) is 0. The molecule has 0 N–H and O–H groups in total. The zero-order valence-corrected chi connectivity index (χ0v) is 11.4. The van der Waals surface area contributed by atoms with E-state index in [1.807, 2.05) is 57.2 Å². The standard InChI is InChI=1S/C16H17NO2/c1-4-17-13-8-6-5-7-11(13)14-12(15(17)18)9-10-16(2,3)19-14/h5-10H,4H2,1-3H3. The van der Waals surface area contributed by atoms with Crippen LogP contribution in [-0.2, 0) is 6.54 Å². The summed E-state index contributed by atoms with van der Waals surface area (Å²) in [7, 11) is 0. The molecule has 1 aliphatic heterocycles. The van der Waals surface area contributed by atoms with E-state index in [9.17, 15) is 4.79 Å². The van der Waals surface area contributed by atoms with Gasteiger partial charge < -0.3 is 9.30 Å². The van der Waals surface area contributed by atoms with Gasteiger partial charge in [-0.2, -0.15) is 0 Å². The molecule has 0 spiro atoms. The van der Waals surface area contributed by atoms with Gasteiger partial charge in [-0.15, -0.1) is 0 Å². The highest BCUT2D eigenvalue weighted by Crippen LogP contribution is 2.35. The first-order chi connectivity index (χ1) is 9.03. The molecule has 2 aromatic rings. The van der Waals surface area contributed by atoms with Crippen molar-refractivity contribution in [2.24, 2.45) is 0 Å². The fraction of sp³-hybridized carbons (Fsp3) is 0.312. The Kier molecular flexibility index (Phi) is 2.52. The van der Waals surface area contributed by atoms with E-state index in [0.29, 0.717) is 17.9 Å². The van der Waals surface area contributed by atoms with Crippen LogP contribution in [-0.4, -0.2) is 10.2 Å². The lowest BCUT2D eigenvalue weighted by atomic mass is 10.0. The second-order valence-corrected chi connectivity index (χ2v) is 5.35. The first kappa shape index (κ1) is 12.0. The van der Waals surface area contributed by atoms with Crippen LogP contribution < -0.4 is 10.3 Å². The third kappa shape index (κ3) is 1.77. The Morgan fingerprint density at radius 1 is 1.26 bits per heavy atom. The number of rotatable bonds is 1. The number of hydrogen-bond acceptors (Lipinski definition) is 2. The minimum absolute atomic E-state index is 0.0166. The molecule has 19 heavy (non-hydrogen) atoms. The van der Waals surface area contributed by atoms with Crippen molar-refractivity contribution < 1.29 is 4.74 Å². The molecule has 2 heterocycles. The molecule has 1 aliphatic rings. The summed E-state index contributed by atoms with van der Waals surface area (Å²) in [4.78, 5) is 12.5. The van der Waals surface area contributed by atoms with Crippen molar-refractivity contribution in [3.8, 4) is 5.75 Å².